The Morgan fingerprint density at radius 2 is 0.500 bits per heavy atom. The second-order valence-corrected chi connectivity index (χ2v) is 24.4. The van der Waals surface area contributed by atoms with E-state index in [0.717, 1.165) is 153 Å². The molecule has 20 aromatic rings. The van der Waals surface area contributed by atoms with Crippen LogP contribution in [0.3, 0.4) is 0 Å². The molecule has 0 aliphatic heterocycles. The molecule has 5 aromatic heterocycles. The van der Waals surface area contributed by atoms with E-state index in [-0.39, 0.29) is 0 Å². The summed E-state index contributed by atoms with van der Waals surface area (Å²) in [5, 5.41) is 30.6. The highest BCUT2D eigenvalue weighted by atomic mass is 15.1. The number of rotatable bonds is 7. The van der Waals surface area contributed by atoms with Crippen molar-refractivity contribution in [3.8, 4) is 63.0 Å². The summed E-state index contributed by atoms with van der Waals surface area (Å²) in [6.07, 6.45) is 0. The van der Waals surface area contributed by atoms with Crippen molar-refractivity contribution in [3.05, 3.63) is 309 Å². The summed E-state index contributed by atoms with van der Waals surface area (Å²) in [6.45, 7) is 0. The first-order valence-electron chi connectivity index (χ1n) is 31.8. The Balaban J connectivity index is 1.18. The SMILES string of the molecule is N#Cc1c(-n2c3ccccc3c3ccc4ccccc4c32)c(-c2nc(-c3ccccc3)nc(-c3ccccc3)n2)c(-n2c3ccccc3c3ccc4ccccc4c32)c(-n2c3ccccc3c3ccc4ccccc4c32)c1-n1c2ccccc2c2ccc3ccccc3c21. The van der Waals surface area contributed by atoms with Crippen LogP contribution < -0.4 is 0 Å². The van der Waals surface area contributed by atoms with E-state index >= 15 is 0 Å². The van der Waals surface area contributed by atoms with Crippen molar-refractivity contribution < 1.29 is 0 Å². The fourth-order valence-electron chi connectivity index (χ4n) is 15.7. The second-order valence-electron chi connectivity index (χ2n) is 24.4. The van der Waals surface area contributed by atoms with Crippen LogP contribution in [0.25, 0.3) is 187 Å². The molecule has 15 aromatic carbocycles. The third-order valence-corrected chi connectivity index (χ3v) is 19.6. The van der Waals surface area contributed by atoms with Crippen LogP contribution >= 0.6 is 0 Å². The first-order valence-corrected chi connectivity index (χ1v) is 31.8. The van der Waals surface area contributed by atoms with Gasteiger partial charge in [-0.3, -0.25) is 0 Å². The van der Waals surface area contributed by atoms with Crippen molar-refractivity contribution in [2.45, 2.75) is 0 Å². The maximum absolute atomic E-state index is 13.6. The van der Waals surface area contributed by atoms with Crippen molar-refractivity contribution in [3.63, 3.8) is 0 Å². The molecular formula is C86H50N8. The van der Waals surface area contributed by atoms with Crippen LogP contribution in [0.2, 0.25) is 0 Å². The molecule has 0 bridgehead atoms. The average molecular weight is 1200 g/mol. The smallest absolute Gasteiger partial charge is 0.168 e. The van der Waals surface area contributed by atoms with E-state index in [0.29, 0.717) is 40.0 Å². The van der Waals surface area contributed by atoms with Gasteiger partial charge in [-0.05, 0) is 45.8 Å². The monoisotopic (exact) mass is 1190 g/mol. The molecule has 0 N–H and O–H groups in total. The molecule has 8 heteroatoms. The number of benzene rings is 15. The van der Waals surface area contributed by atoms with Gasteiger partial charge in [-0.1, -0.05) is 279 Å². The molecule has 0 fully saturated rings. The Kier molecular flexibility index (Phi) is 11.0. The highest BCUT2D eigenvalue weighted by molar-refractivity contribution is 6.25. The van der Waals surface area contributed by atoms with Crippen LogP contribution in [0.4, 0.5) is 0 Å². The number of hydrogen-bond donors (Lipinski definition) is 0. The van der Waals surface area contributed by atoms with Gasteiger partial charge >= 0.3 is 0 Å². The zero-order valence-electron chi connectivity index (χ0n) is 50.4. The third-order valence-electron chi connectivity index (χ3n) is 19.6. The predicted octanol–water partition coefficient (Wildman–Crippen LogP) is 21.7. The van der Waals surface area contributed by atoms with Crippen molar-refractivity contribution >= 4 is 130 Å². The van der Waals surface area contributed by atoms with E-state index < -0.39 is 0 Å². The van der Waals surface area contributed by atoms with Gasteiger partial charge in [-0.25, -0.2) is 15.0 Å². The maximum Gasteiger partial charge on any atom is 0.168 e. The van der Waals surface area contributed by atoms with E-state index in [2.05, 4.69) is 291 Å². The number of para-hydroxylation sites is 4. The molecule has 0 aliphatic rings. The average Bonchev–Trinajstić information content (AvgIpc) is 1.45. The van der Waals surface area contributed by atoms with Crippen LogP contribution in [0.15, 0.2) is 303 Å². The maximum atomic E-state index is 13.6. The molecule has 0 spiro atoms. The minimum Gasteiger partial charge on any atom is -0.306 e. The van der Waals surface area contributed by atoms with E-state index in [4.69, 9.17) is 15.0 Å². The third kappa shape index (κ3) is 7.29. The summed E-state index contributed by atoms with van der Waals surface area (Å²) in [5.41, 5.74) is 13.2. The van der Waals surface area contributed by atoms with Gasteiger partial charge < -0.3 is 18.3 Å². The molecule has 0 aliphatic carbocycles. The molecule has 0 radical (unpaired) electrons. The normalized spacial score (nSPS) is 12.0. The predicted molar refractivity (Wildman–Crippen MR) is 388 cm³/mol. The fraction of sp³-hybridized carbons (Fsp3) is 0. The Morgan fingerprint density at radius 1 is 0.223 bits per heavy atom. The minimum atomic E-state index is 0.387. The Labute approximate surface area is 537 Å². The quantitative estimate of drug-likeness (QED) is 0.159. The van der Waals surface area contributed by atoms with E-state index in [1.807, 2.05) is 36.4 Å². The summed E-state index contributed by atoms with van der Waals surface area (Å²) in [7, 11) is 0. The number of nitrogens with zero attached hydrogens (tertiary/aromatic N) is 8. The van der Waals surface area contributed by atoms with E-state index in [1.54, 1.807) is 0 Å². The molecule has 434 valence electrons. The first-order chi connectivity index (χ1) is 46.7. The van der Waals surface area contributed by atoms with Crippen LogP contribution in [0.5, 0.6) is 0 Å². The second kappa shape index (κ2) is 20.0. The van der Waals surface area contributed by atoms with Gasteiger partial charge in [0.1, 0.15) is 11.6 Å². The molecule has 0 saturated heterocycles. The molecule has 20 rings (SSSR count). The standard InChI is InChI=1S/C86H50N8/c87-51-70-80(91-71-39-19-15-35-62(71)66-47-43-52-23-7-11-31-58(52)76(66)91)75(86-89-84(56-27-3-1-4-28-56)88-85(90-86)57-29-5-2-6-30-57)82(93-73-41-21-17-37-64(73)68-49-45-54-25-9-13-33-60(54)78(68)93)83(94-74-42-22-18-38-65(74)69-50-46-55-26-10-14-34-61(55)79(69)94)81(70)92-72-40-20-16-36-63(72)67-48-44-53-24-8-12-32-59(53)77(67)92/h1-50H. The number of aromatic nitrogens is 7. The summed E-state index contributed by atoms with van der Waals surface area (Å²) < 4.78 is 9.86. The van der Waals surface area contributed by atoms with Crippen molar-refractivity contribution in [1.29, 1.82) is 5.26 Å². The lowest BCUT2D eigenvalue weighted by atomic mass is 9.96. The van der Waals surface area contributed by atoms with Gasteiger partial charge in [0.2, 0.25) is 0 Å². The van der Waals surface area contributed by atoms with Crippen molar-refractivity contribution in [2.75, 3.05) is 0 Å². The van der Waals surface area contributed by atoms with Crippen LogP contribution in [-0.2, 0) is 0 Å². The van der Waals surface area contributed by atoms with E-state index in [1.165, 1.54) is 0 Å². The lowest BCUT2D eigenvalue weighted by Crippen LogP contribution is -2.17. The van der Waals surface area contributed by atoms with Crippen LogP contribution in [0, 0.1) is 11.3 Å². The lowest BCUT2D eigenvalue weighted by Gasteiger charge is -2.29. The van der Waals surface area contributed by atoms with Crippen LogP contribution in [-0.4, -0.2) is 33.2 Å². The highest BCUT2D eigenvalue weighted by Gasteiger charge is 2.37. The number of fused-ring (bicyclic) bond motifs is 20. The molecule has 94 heavy (non-hydrogen) atoms. The van der Waals surface area contributed by atoms with Gasteiger partial charge in [-0.15, -0.1) is 0 Å². The summed E-state index contributed by atoms with van der Waals surface area (Å²) in [4.78, 5) is 17.3. The first kappa shape index (κ1) is 51.9. The summed E-state index contributed by atoms with van der Waals surface area (Å²) >= 11 is 0. The minimum absolute atomic E-state index is 0.387. The van der Waals surface area contributed by atoms with Gasteiger partial charge in [-0.2, -0.15) is 5.26 Å². The Bertz CT molecular complexity index is 6620. The molecule has 0 atom stereocenters. The van der Waals surface area contributed by atoms with E-state index in [9.17, 15) is 5.26 Å². The molecule has 0 amide bonds. The Hall–Kier alpha value is -13.0. The topological polar surface area (TPSA) is 82.2 Å². The van der Waals surface area contributed by atoms with Crippen molar-refractivity contribution in [2.24, 2.45) is 0 Å². The summed E-state index contributed by atoms with van der Waals surface area (Å²) in [5.74, 6) is 1.36. The van der Waals surface area contributed by atoms with Crippen LogP contribution in [0.1, 0.15) is 5.56 Å². The molecule has 5 heterocycles. The zero-order chi connectivity index (χ0) is 61.7. The largest absolute Gasteiger partial charge is 0.306 e. The van der Waals surface area contributed by atoms with Gasteiger partial charge in [0, 0.05) is 75.8 Å². The summed E-state index contributed by atoms with van der Waals surface area (Å²) in [6, 6.07) is 111. The zero-order valence-corrected chi connectivity index (χ0v) is 50.4. The highest BCUT2D eigenvalue weighted by Crippen LogP contribution is 2.54. The molecule has 8 nitrogen and oxygen atoms in total. The molecule has 0 unspecified atom stereocenters. The van der Waals surface area contributed by atoms with Gasteiger partial charge in [0.25, 0.3) is 0 Å². The fourth-order valence-corrected chi connectivity index (χ4v) is 15.7. The van der Waals surface area contributed by atoms with Gasteiger partial charge in [0.05, 0.1) is 72.4 Å². The van der Waals surface area contributed by atoms with Gasteiger partial charge in [0.15, 0.2) is 17.5 Å². The Morgan fingerprint density at radius 3 is 0.851 bits per heavy atom. The lowest BCUT2D eigenvalue weighted by molar-refractivity contribution is 1.01. The number of nitriles is 1. The van der Waals surface area contributed by atoms with Crippen molar-refractivity contribution in [1.82, 2.24) is 33.2 Å². The molecular weight excluding hydrogens is 1150 g/mol. The number of hydrogen-bond acceptors (Lipinski definition) is 4. The molecule has 0 saturated carbocycles.